The molecule has 2 aromatic rings. The third-order valence-electron chi connectivity index (χ3n) is 5.40. The molecular weight excluding hydrogens is 314 g/mol. The molecular formula is C20H27N3O2. The monoisotopic (exact) mass is 341 g/mol. The highest BCUT2D eigenvalue weighted by atomic mass is 16.5. The second kappa shape index (κ2) is 7.81. The molecule has 1 fully saturated rings. The Labute approximate surface area is 149 Å². The molecule has 0 saturated heterocycles. The van der Waals surface area contributed by atoms with Gasteiger partial charge in [0.15, 0.2) is 0 Å². The first kappa shape index (κ1) is 17.6. The van der Waals surface area contributed by atoms with Gasteiger partial charge in [0.1, 0.15) is 0 Å². The van der Waals surface area contributed by atoms with Crippen LogP contribution in [0.1, 0.15) is 51.0 Å². The second-order valence-corrected chi connectivity index (χ2v) is 7.32. The fourth-order valence-corrected chi connectivity index (χ4v) is 3.46. The van der Waals surface area contributed by atoms with Crippen molar-refractivity contribution in [2.45, 2.75) is 58.9 Å². The molecule has 3 unspecified atom stereocenters. The summed E-state index contributed by atoms with van der Waals surface area (Å²) >= 11 is 0. The number of rotatable bonds is 5. The number of benzene rings is 1. The largest absolute Gasteiger partial charge is 0.353 e. The first-order valence-corrected chi connectivity index (χ1v) is 9.22. The van der Waals surface area contributed by atoms with Gasteiger partial charge in [0.25, 0.3) is 0 Å². The molecule has 3 rings (SSSR count). The number of hydrogen-bond donors (Lipinski definition) is 1. The number of aryl methyl sites for hydroxylation is 2. The molecule has 1 aromatic carbocycles. The number of nitrogens with one attached hydrogen (secondary N) is 1. The molecule has 1 N–H and O–H groups in total. The maximum Gasteiger partial charge on any atom is 0.227 e. The minimum absolute atomic E-state index is 0.0704. The normalized spacial score (nSPS) is 23.4. The van der Waals surface area contributed by atoms with Crippen LogP contribution in [0.3, 0.4) is 0 Å². The third-order valence-corrected chi connectivity index (χ3v) is 5.40. The van der Waals surface area contributed by atoms with Crippen molar-refractivity contribution in [1.82, 2.24) is 15.5 Å². The van der Waals surface area contributed by atoms with E-state index >= 15 is 0 Å². The zero-order valence-corrected chi connectivity index (χ0v) is 15.3. The Kier molecular flexibility index (Phi) is 5.51. The van der Waals surface area contributed by atoms with Crippen LogP contribution in [0, 0.1) is 18.8 Å². The number of aromatic nitrogens is 2. The molecule has 1 saturated carbocycles. The Morgan fingerprint density at radius 2 is 2.00 bits per heavy atom. The molecule has 5 heteroatoms. The number of carbonyl (C=O) groups is 1. The minimum Gasteiger partial charge on any atom is -0.353 e. The molecule has 5 nitrogen and oxygen atoms in total. The highest BCUT2D eigenvalue weighted by molar-refractivity contribution is 5.76. The average Bonchev–Trinajstić information content (AvgIpc) is 3.07. The standard InChI is InChI=1S/C20H27N3O2/c1-13-7-9-16(10-8-13)20-22-19(25-23-20)12-11-18(24)21-17-6-4-5-14(2)15(17)3/h7-10,14-15,17H,4-6,11-12H2,1-3H3,(H,21,24). The maximum absolute atomic E-state index is 12.3. The van der Waals surface area contributed by atoms with Crippen LogP contribution in [0.25, 0.3) is 11.4 Å². The van der Waals surface area contributed by atoms with Gasteiger partial charge in [0, 0.05) is 24.4 Å². The molecule has 1 heterocycles. The van der Waals surface area contributed by atoms with Gasteiger partial charge in [-0.1, -0.05) is 61.7 Å². The lowest BCUT2D eigenvalue weighted by molar-refractivity contribution is -0.122. The molecule has 0 bridgehead atoms. The molecule has 1 amide bonds. The summed E-state index contributed by atoms with van der Waals surface area (Å²) in [5, 5.41) is 7.20. The molecule has 134 valence electrons. The molecule has 1 aliphatic rings. The first-order chi connectivity index (χ1) is 12.0. The highest BCUT2D eigenvalue weighted by Gasteiger charge is 2.28. The van der Waals surface area contributed by atoms with Crippen molar-refractivity contribution in [3.8, 4) is 11.4 Å². The quantitative estimate of drug-likeness (QED) is 0.895. The topological polar surface area (TPSA) is 68.0 Å². The van der Waals surface area contributed by atoms with Crippen LogP contribution in [0.4, 0.5) is 0 Å². The van der Waals surface area contributed by atoms with Crippen molar-refractivity contribution < 1.29 is 9.32 Å². The molecule has 25 heavy (non-hydrogen) atoms. The minimum atomic E-state index is 0.0704. The molecule has 0 spiro atoms. The van der Waals surface area contributed by atoms with Crippen LogP contribution in [0.2, 0.25) is 0 Å². The van der Waals surface area contributed by atoms with Crippen LogP contribution in [0.15, 0.2) is 28.8 Å². The summed E-state index contributed by atoms with van der Waals surface area (Å²) in [6.07, 6.45) is 4.39. The summed E-state index contributed by atoms with van der Waals surface area (Å²) < 4.78 is 5.29. The number of carbonyl (C=O) groups excluding carboxylic acids is 1. The van der Waals surface area contributed by atoms with Crippen molar-refractivity contribution >= 4 is 5.91 Å². The lowest BCUT2D eigenvalue weighted by Crippen LogP contribution is -2.43. The van der Waals surface area contributed by atoms with Gasteiger partial charge in [-0.2, -0.15) is 4.98 Å². The van der Waals surface area contributed by atoms with Crippen molar-refractivity contribution in [3.63, 3.8) is 0 Å². The fraction of sp³-hybridized carbons (Fsp3) is 0.550. The smallest absolute Gasteiger partial charge is 0.227 e. The van der Waals surface area contributed by atoms with Crippen LogP contribution in [-0.4, -0.2) is 22.1 Å². The first-order valence-electron chi connectivity index (χ1n) is 9.22. The number of hydrogen-bond acceptors (Lipinski definition) is 4. The van der Waals surface area contributed by atoms with Gasteiger partial charge in [0.2, 0.25) is 17.6 Å². The van der Waals surface area contributed by atoms with E-state index in [0.29, 0.717) is 42.4 Å². The van der Waals surface area contributed by atoms with Gasteiger partial charge in [-0.25, -0.2) is 0 Å². The Balaban J connectivity index is 1.52. The van der Waals surface area contributed by atoms with E-state index in [2.05, 4.69) is 29.3 Å². The molecule has 0 radical (unpaired) electrons. The fourth-order valence-electron chi connectivity index (χ4n) is 3.46. The van der Waals surface area contributed by atoms with E-state index in [1.807, 2.05) is 31.2 Å². The Hall–Kier alpha value is -2.17. The van der Waals surface area contributed by atoms with E-state index in [4.69, 9.17) is 4.52 Å². The third kappa shape index (κ3) is 4.47. The van der Waals surface area contributed by atoms with E-state index in [1.165, 1.54) is 18.4 Å². The van der Waals surface area contributed by atoms with E-state index in [0.717, 1.165) is 12.0 Å². The molecule has 3 atom stereocenters. The van der Waals surface area contributed by atoms with Crippen LogP contribution >= 0.6 is 0 Å². The van der Waals surface area contributed by atoms with Crippen molar-refractivity contribution in [3.05, 3.63) is 35.7 Å². The van der Waals surface area contributed by atoms with Crippen LogP contribution in [-0.2, 0) is 11.2 Å². The van der Waals surface area contributed by atoms with Crippen LogP contribution < -0.4 is 5.32 Å². The zero-order chi connectivity index (χ0) is 17.8. The molecule has 1 aromatic heterocycles. The van der Waals surface area contributed by atoms with Gasteiger partial charge in [-0.05, 0) is 25.2 Å². The van der Waals surface area contributed by atoms with E-state index < -0.39 is 0 Å². The summed E-state index contributed by atoms with van der Waals surface area (Å²) in [5.41, 5.74) is 2.12. The van der Waals surface area contributed by atoms with Gasteiger partial charge < -0.3 is 9.84 Å². The SMILES string of the molecule is Cc1ccc(-c2noc(CCC(=O)NC3CCCC(C)C3C)n2)cc1. The van der Waals surface area contributed by atoms with Gasteiger partial charge >= 0.3 is 0 Å². The Bertz CT molecular complexity index is 708. The lowest BCUT2D eigenvalue weighted by atomic mass is 9.78. The Morgan fingerprint density at radius 3 is 2.76 bits per heavy atom. The highest BCUT2D eigenvalue weighted by Crippen LogP contribution is 2.29. The second-order valence-electron chi connectivity index (χ2n) is 7.32. The van der Waals surface area contributed by atoms with Crippen molar-refractivity contribution in [2.75, 3.05) is 0 Å². The van der Waals surface area contributed by atoms with Crippen molar-refractivity contribution in [1.29, 1.82) is 0 Å². The predicted molar refractivity (Wildman–Crippen MR) is 96.9 cm³/mol. The summed E-state index contributed by atoms with van der Waals surface area (Å²) in [6, 6.07) is 8.28. The molecule has 0 aliphatic heterocycles. The zero-order valence-electron chi connectivity index (χ0n) is 15.3. The van der Waals surface area contributed by atoms with Gasteiger partial charge in [-0.3, -0.25) is 4.79 Å². The summed E-state index contributed by atoms with van der Waals surface area (Å²) in [6.45, 7) is 6.55. The number of nitrogens with zero attached hydrogens (tertiary/aromatic N) is 2. The van der Waals surface area contributed by atoms with Crippen LogP contribution in [0.5, 0.6) is 0 Å². The predicted octanol–water partition coefficient (Wildman–Crippen LogP) is 3.92. The lowest BCUT2D eigenvalue weighted by Gasteiger charge is -2.34. The van der Waals surface area contributed by atoms with Crippen molar-refractivity contribution in [2.24, 2.45) is 11.8 Å². The molecule has 1 aliphatic carbocycles. The van der Waals surface area contributed by atoms with E-state index in [1.54, 1.807) is 0 Å². The maximum atomic E-state index is 12.3. The van der Waals surface area contributed by atoms with E-state index in [-0.39, 0.29) is 5.91 Å². The summed E-state index contributed by atoms with van der Waals surface area (Å²) in [4.78, 5) is 16.6. The number of amides is 1. The Morgan fingerprint density at radius 1 is 1.24 bits per heavy atom. The van der Waals surface area contributed by atoms with Gasteiger partial charge in [0.05, 0.1) is 0 Å². The van der Waals surface area contributed by atoms with Gasteiger partial charge in [-0.15, -0.1) is 0 Å². The average molecular weight is 341 g/mol. The van der Waals surface area contributed by atoms with E-state index in [9.17, 15) is 4.79 Å². The summed E-state index contributed by atoms with van der Waals surface area (Å²) in [5.74, 6) is 2.36. The summed E-state index contributed by atoms with van der Waals surface area (Å²) in [7, 11) is 0.